The number of rotatable bonds is 7. The first kappa shape index (κ1) is 18.6. The first-order chi connectivity index (χ1) is 12.6. The molecule has 1 aromatic carbocycles. The average Bonchev–Trinajstić information content (AvgIpc) is 3.12. The molecule has 0 spiro atoms. The highest BCUT2D eigenvalue weighted by Crippen LogP contribution is 2.22. The Morgan fingerprint density at radius 2 is 1.92 bits per heavy atom. The highest BCUT2D eigenvalue weighted by Gasteiger charge is 2.22. The minimum Gasteiger partial charge on any atom is -0.497 e. The van der Waals surface area contributed by atoms with Gasteiger partial charge >= 0.3 is 0 Å². The van der Waals surface area contributed by atoms with E-state index in [0.29, 0.717) is 18.4 Å². The Hall–Kier alpha value is -2.14. The van der Waals surface area contributed by atoms with Crippen molar-refractivity contribution in [3.8, 4) is 5.75 Å². The van der Waals surface area contributed by atoms with Gasteiger partial charge in [-0.1, -0.05) is 13.8 Å². The normalized spacial score (nSPS) is 16.2. The third-order valence-corrected chi connectivity index (χ3v) is 5.21. The van der Waals surface area contributed by atoms with E-state index in [9.17, 15) is 4.79 Å². The zero-order valence-corrected chi connectivity index (χ0v) is 16.0. The van der Waals surface area contributed by atoms with Crippen molar-refractivity contribution < 1.29 is 9.53 Å². The minimum absolute atomic E-state index is 0.183. The molecule has 0 N–H and O–H groups in total. The summed E-state index contributed by atoms with van der Waals surface area (Å²) in [5, 5.41) is 0. The summed E-state index contributed by atoms with van der Waals surface area (Å²) in [5.41, 5.74) is 0.757. The van der Waals surface area contributed by atoms with Gasteiger partial charge < -0.3 is 9.30 Å². The summed E-state index contributed by atoms with van der Waals surface area (Å²) in [4.78, 5) is 19.2. The van der Waals surface area contributed by atoms with Crippen LogP contribution in [0.1, 0.15) is 48.8 Å². The van der Waals surface area contributed by atoms with Gasteiger partial charge in [0.15, 0.2) is 5.78 Å². The van der Waals surface area contributed by atoms with Crippen LogP contribution < -0.4 is 4.74 Å². The van der Waals surface area contributed by atoms with Crippen LogP contribution in [0.4, 0.5) is 0 Å². The fourth-order valence-electron chi connectivity index (χ4n) is 3.65. The molecule has 1 aromatic heterocycles. The molecule has 1 saturated heterocycles. The van der Waals surface area contributed by atoms with E-state index in [1.807, 2.05) is 30.5 Å². The summed E-state index contributed by atoms with van der Waals surface area (Å²) in [7, 11) is 1.63. The fourth-order valence-corrected chi connectivity index (χ4v) is 3.65. The number of aromatic nitrogens is 2. The van der Waals surface area contributed by atoms with Crippen LogP contribution in [0, 0.1) is 5.92 Å². The van der Waals surface area contributed by atoms with Crippen molar-refractivity contribution in [2.24, 2.45) is 5.92 Å². The number of ether oxygens (including phenoxy) is 1. The number of Topliss-reactive ketones (excluding diaryl/α,β-unsaturated/α-hetero) is 1. The van der Waals surface area contributed by atoms with E-state index in [2.05, 4.69) is 34.5 Å². The number of carbonyl (C=O) groups excluding carboxylic acids is 1. The molecule has 140 valence electrons. The minimum atomic E-state index is 0.183. The summed E-state index contributed by atoms with van der Waals surface area (Å²) >= 11 is 0. The molecule has 26 heavy (non-hydrogen) atoms. The van der Waals surface area contributed by atoms with E-state index in [1.54, 1.807) is 7.11 Å². The van der Waals surface area contributed by atoms with Crippen LogP contribution in [0.5, 0.6) is 5.75 Å². The molecule has 1 aliphatic heterocycles. The maximum absolute atomic E-state index is 12.5. The van der Waals surface area contributed by atoms with Gasteiger partial charge in [-0.2, -0.15) is 0 Å². The standard InChI is InChI=1S/C21H29N3O2/c1-16(2)21-22-10-13-24(21)14-17-8-11-23(12-9-17)15-20(25)18-4-6-19(26-3)7-5-18/h4-7,10,13,16-17H,8-9,11-12,14-15H2,1-3H3. The quantitative estimate of drug-likeness (QED) is 0.712. The number of methoxy groups -OCH3 is 1. The molecule has 2 heterocycles. The lowest BCUT2D eigenvalue weighted by molar-refractivity contribution is 0.0890. The Morgan fingerprint density at radius 3 is 2.54 bits per heavy atom. The number of piperidine rings is 1. The van der Waals surface area contributed by atoms with Gasteiger partial charge in [0.05, 0.1) is 13.7 Å². The maximum Gasteiger partial charge on any atom is 0.176 e. The molecule has 3 rings (SSSR count). The molecule has 0 radical (unpaired) electrons. The molecule has 1 aliphatic rings. The van der Waals surface area contributed by atoms with E-state index in [1.165, 1.54) is 5.82 Å². The van der Waals surface area contributed by atoms with Gasteiger partial charge in [0.25, 0.3) is 0 Å². The molecular weight excluding hydrogens is 326 g/mol. The van der Waals surface area contributed by atoms with Crippen molar-refractivity contribution in [3.63, 3.8) is 0 Å². The molecule has 0 bridgehead atoms. The van der Waals surface area contributed by atoms with Gasteiger partial charge in [-0.05, 0) is 56.1 Å². The van der Waals surface area contributed by atoms with Gasteiger partial charge in [0, 0.05) is 30.4 Å². The van der Waals surface area contributed by atoms with E-state index >= 15 is 0 Å². The van der Waals surface area contributed by atoms with Crippen molar-refractivity contribution in [2.45, 2.75) is 39.2 Å². The molecule has 0 aliphatic carbocycles. The first-order valence-corrected chi connectivity index (χ1v) is 9.47. The summed E-state index contributed by atoms with van der Waals surface area (Å²) in [6.07, 6.45) is 6.25. The Morgan fingerprint density at radius 1 is 1.23 bits per heavy atom. The van der Waals surface area contributed by atoms with Crippen molar-refractivity contribution >= 4 is 5.78 Å². The molecule has 1 fully saturated rings. The smallest absolute Gasteiger partial charge is 0.176 e. The summed E-state index contributed by atoms with van der Waals surface area (Å²) in [6.45, 7) is 7.88. The van der Waals surface area contributed by atoms with Crippen LogP contribution in [0.2, 0.25) is 0 Å². The van der Waals surface area contributed by atoms with Gasteiger partial charge in [-0.25, -0.2) is 4.98 Å². The monoisotopic (exact) mass is 355 g/mol. The number of likely N-dealkylation sites (tertiary alicyclic amines) is 1. The van der Waals surface area contributed by atoms with Crippen molar-refractivity contribution in [3.05, 3.63) is 48.0 Å². The van der Waals surface area contributed by atoms with E-state index in [4.69, 9.17) is 4.74 Å². The SMILES string of the molecule is COc1ccc(C(=O)CN2CCC(Cn3ccnc3C(C)C)CC2)cc1. The second-order valence-electron chi connectivity index (χ2n) is 7.46. The average molecular weight is 355 g/mol. The van der Waals surface area contributed by atoms with Gasteiger partial charge in [0.2, 0.25) is 0 Å². The Bertz CT molecular complexity index is 713. The Kier molecular flexibility index (Phi) is 6.09. The maximum atomic E-state index is 12.5. The van der Waals surface area contributed by atoms with E-state index in [-0.39, 0.29) is 5.78 Å². The number of hydrogen-bond donors (Lipinski definition) is 0. The summed E-state index contributed by atoms with van der Waals surface area (Å²) in [5.74, 6) is 3.24. The summed E-state index contributed by atoms with van der Waals surface area (Å²) < 4.78 is 7.45. The van der Waals surface area contributed by atoms with E-state index in [0.717, 1.165) is 43.8 Å². The van der Waals surface area contributed by atoms with Gasteiger partial charge in [-0.3, -0.25) is 9.69 Å². The zero-order chi connectivity index (χ0) is 18.5. The van der Waals surface area contributed by atoms with Crippen LogP contribution in [0.15, 0.2) is 36.7 Å². The van der Waals surface area contributed by atoms with Gasteiger partial charge in [0.1, 0.15) is 11.6 Å². The van der Waals surface area contributed by atoms with Crippen LogP contribution in [-0.2, 0) is 6.54 Å². The lowest BCUT2D eigenvalue weighted by atomic mass is 9.96. The number of benzene rings is 1. The summed E-state index contributed by atoms with van der Waals surface area (Å²) in [6, 6.07) is 7.38. The molecule has 2 aromatic rings. The second kappa shape index (κ2) is 8.49. The molecule has 0 saturated carbocycles. The largest absolute Gasteiger partial charge is 0.497 e. The second-order valence-corrected chi connectivity index (χ2v) is 7.46. The van der Waals surface area contributed by atoms with Crippen LogP contribution in [-0.4, -0.2) is 47.0 Å². The number of carbonyl (C=O) groups is 1. The topological polar surface area (TPSA) is 47.4 Å². The predicted molar refractivity (Wildman–Crippen MR) is 103 cm³/mol. The predicted octanol–water partition coefficient (Wildman–Crippen LogP) is 3.61. The third-order valence-electron chi connectivity index (χ3n) is 5.21. The number of hydrogen-bond acceptors (Lipinski definition) is 4. The molecule has 0 atom stereocenters. The Labute approximate surface area is 156 Å². The van der Waals surface area contributed by atoms with Crippen molar-refractivity contribution in [1.29, 1.82) is 0 Å². The first-order valence-electron chi connectivity index (χ1n) is 9.47. The van der Waals surface area contributed by atoms with E-state index < -0.39 is 0 Å². The molecule has 0 unspecified atom stereocenters. The lowest BCUT2D eigenvalue weighted by Crippen LogP contribution is -2.38. The Balaban J connectivity index is 1.48. The number of nitrogens with zero attached hydrogens (tertiary/aromatic N) is 3. The molecule has 0 amide bonds. The van der Waals surface area contributed by atoms with Gasteiger partial charge in [-0.15, -0.1) is 0 Å². The van der Waals surface area contributed by atoms with Crippen LogP contribution in [0.25, 0.3) is 0 Å². The highest BCUT2D eigenvalue weighted by molar-refractivity contribution is 5.97. The zero-order valence-electron chi connectivity index (χ0n) is 16.0. The fraction of sp³-hybridized carbons (Fsp3) is 0.524. The van der Waals surface area contributed by atoms with Crippen molar-refractivity contribution in [1.82, 2.24) is 14.5 Å². The lowest BCUT2D eigenvalue weighted by Gasteiger charge is -2.32. The number of imidazole rings is 1. The molecule has 5 heteroatoms. The van der Waals surface area contributed by atoms with Crippen LogP contribution >= 0.6 is 0 Å². The molecular formula is C21H29N3O2. The van der Waals surface area contributed by atoms with Crippen LogP contribution in [0.3, 0.4) is 0 Å². The molecule has 5 nitrogen and oxygen atoms in total. The highest BCUT2D eigenvalue weighted by atomic mass is 16.5. The van der Waals surface area contributed by atoms with Crippen molar-refractivity contribution in [2.75, 3.05) is 26.7 Å². The third kappa shape index (κ3) is 4.52. The number of ketones is 1.